The lowest BCUT2D eigenvalue weighted by atomic mass is 9.82. The fourth-order valence-corrected chi connectivity index (χ4v) is 1.89. The molecule has 2 amide bonds. The molecule has 102 valence electrons. The number of hydrogen-bond acceptors (Lipinski definition) is 4. The third kappa shape index (κ3) is 4.13. The summed E-state index contributed by atoms with van der Waals surface area (Å²) in [5.74, 6) is -1.09. The summed E-state index contributed by atoms with van der Waals surface area (Å²) in [6, 6.07) is 0. The molecule has 0 spiro atoms. The summed E-state index contributed by atoms with van der Waals surface area (Å²) in [5.41, 5.74) is -0.309. The molecule has 0 atom stereocenters. The van der Waals surface area contributed by atoms with Gasteiger partial charge in [-0.2, -0.15) is 0 Å². The molecular formula is C13H21NO4. The quantitative estimate of drug-likeness (QED) is 0.424. The van der Waals surface area contributed by atoms with Crippen LogP contribution in [0.5, 0.6) is 0 Å². The van der Waals surface area contributed by atoms with E-state index in [-0.39, 0.29) is 23.8 Å². The van der Waals surface area contributed by atoms with Crippen LogP contribution in [0.3, 0.4) is 0 Å². The van der Waals surface area contributed by atoms with Gasteiger partial charge in [0.2, 0.25) is 11.8 Å². The normalized spacial score (nSPS) is 18.9. The van der Waals surface area contributed by atoms with E-state index >= 15 is 0 Å². The molecule has 1 fully saturated rings. The molecule has 1 heterocycles. The summed E-state index contributed by atoms with van der Waals surface area (Å²) >= 11 is 0. The van der Waals surface area contributed by atoms with Gasteiger partial charge in [-0.25, -0.2) is 0 Å². The maximum absolute atomic E-state index is 11.8. The van der Waals surface area contributed by atoms with E-state index in [1.165, 1.54) is 0 Å². The van der Waals surface area contributed by atoms with Gasteiger partial charge in [-0.1, -0.05) is 27.2 Å². The number of likely N-dealkylation sites (tertiary alicyclic amines) is 1. The van der Waals surface area contributed by atoms with E-state index in [0.29, 0.717) is 19.4 Å². The molecule has 18 heavy (non-hydrogen) atoms. The van der Waals surface area contributed by atoms with Gasteiger partial charge in [-0.05, 0) is 11.8 Å². The van der Waals surface area contributed by atoms with E-state index in [1.54, 1.807) is 0 Å². The predicted molar refractivity (Wildman–Crippen MR) is 65.6 cm³/mol. The van der Waals surface area contributed by atoms with Crippen LogP contribution in [0.25, 0.3) is 0 Å². The average Bonchev–Trinajstić information content (AvgIpc) is 2.22. The first-order valence-corrected chi connectivity index (χ1v) is 6.34. The fourth-order valence-electron chi connectivity index (χ4n) is 1.89. The third-order valence-corrected chi connectivity index (χ3v) is 2.91. The highest BCUT2D eigenvalue weighted by Gasteiger charge is 2.38. The number of esters is 1. The second-order valence-corrected chi connectivity index (χ2v) is 5.47. The molecule has 0 saturated carbocycles. The molecule has 0 aromatic rings. The molecular weight excluding hydrogens is 234 g/mol. The van der Waals surface area contributed by atoms with Crippen LogP contribution in [0.1, 0.15) is 46.5 Å². The van der Waals surface area contributed by atoms with E-state index in [1.807, 2.05) is 20.8 Å². The first-order valence-electron chi connectivity index (χ1n) is 6.34. The highest BCUT2D eigenvalue weighted by atomic mass is 16.5. The largest absolute Gasteiger partial charge is 0.464 e. The lowest BCUT2D eigenvalue weighted by molar-refractivity contribution is -0.160. The van der Waals surface area contributed by atoms with Crippen LogP contribution in [-0.2, 0) is 19.1 Å². The Labute approximate surface area is 107 Å². The summed E-state index contributed by atoms with van der Waals surface area (Å²) < 4.78 is 4.95. The molecule has 5 heteroatoms. The van der Waals surface area contributed by atoms with Crippen LogP contribution in [0.4, 0.5) is 0 Å². The Morgan fingerprint density at radius 3 is 2.33 bits per heavy atom. The second-order valence-electron chi connectivity index (χ2n) is 5.47. The van der Waals surface area contributed by atoms with Gasteiger partial charge in [0.05, 0.1) is 6.61 Å². The van der Waals surface area contributed by atoms with Crippen molar-refractivity contribution in [3.63, 3.8) is 0 Å². The molecule has 5 nitrogen and oxygen atoms in total. The number of ether oxygens (including phenoxy) is 1. The predicted octanol–water partition coefficient (Wildman–Crippen LogP) is 1.50. The number of nitrogens with zero attached hydrogens (tertiary/aromatic N) is 1. The molecule has 0 N–H and O–H groups in total. The molecule has 1 aliphatic heterocycles. The number of carbonyl (C=O) groups excluding carboxylic acids is 3. The molecule has 0 bridgehead atoms. The Bertz CT molecular complexity index is 329. The lowest BCUT2D eigenvalue weighted by Crippen LogP contribution is -2.48. The van der Waals surface area contributed by atoms with Crippen LogP contribution in [0.15, 0.2) is 0 Å². The Morgan fingerprint density at radius 1 is 1.28 bits per heavy atom. The van der Waals surface area contributed by atoms with Crippen molar-refractivity contribution < 1.29 is 19.1 Å². The van der Waals surface area contributed by atoms with Gasteiger partial charge in [0.1, 0.15) is 6.54 Å². The van der Waals surface area contributed by atoms with Crippen LogP contribution >= 0.6 is 0 Å². The minimum absolute atomic E-state index is 0.253. The van der Waals surface area contributed by atoms with E-state index in [9.17, 15) is 14.4 Å². The van der Waals surface area contributed by atoms with Gasteiger partial charge in [0, 0.05) is 12.8 Å². The summed E-state index contributed by atoms with van der Waals surface area (Å²) in [5, 5.41) is 0. The Balaban J connectivity index is 2.49. The second kappa shape index (κ2) is 5.98. The topological polar surface area (TPSA) is 63.7 Å². The lowest BCUT2D eigenvalue weighted by Gasteiger charge is -2.34. The van der Waals surface area contributed by atoms with Crippen LogP contribution in [-0.4, -0.2) is 35.8 Å². The van der Waals surface area contributed by atoms with Crippen molar-refractivity contribution in [2.75, 3.05) is 13.2 Å². The number of amides is 2. The minimum atomic E-state index is -0.509. The fraction of sp³-hybridized carbons (Fsp3) is 0.769. The maximum atomic E-state index is 11.8. The van der Waals surface area contributed by atoms with E-state index < -0.39 is 5.97 Å². The molecule has 0 radical (unpaired) electrons. The van der Waals surface area contributed by atoms with Gasteiger partial charge < -0.3 is 4.74 Å². The highest BCUT2D eigenvalue weighted by Crippen LogP contribution is 2.31. The van der Waals surface area contributed by atoms with Crippen molar-refractivity contribution in [1.29, 1.82) is 0 Å². The van der Waals surface area contributed by atoms with E-state index in [0.717, 1.165) is 17.7 Å². The zero-order valence-electron chi connectivity index (χ0n) is 11.3. The van der Waals surface area contributed by atoms with Crippen molar-refractivity contribution in [3.05, 3.63) is 0 Å². The maximum Gasteiger partial charge on any atom is 0.326 e. The molecule has 1 saturated heterocycles. The molecule has 0 aromatic heterocycles. The Morgan fingerprint density at radius 2 is 1.83 bits per heavy atom. The first kappa shape index (κ1) is 14.7. The molecule has 0 aromatic carbocycles. The van der Waals surface area contributed by atoms with Gasteiger partial charge in [-0.15, -0.1) is 0 Å². The third-order valence-electron chi connectivity index (χ3n) is 2.91. The number of rotatable bonds is 5. The smallest absolute Gasteiger partial charge is 0.326 e. The monoisotopic (exact) mass is 255 g/mol. The van der Waals surface area contributed by atoms with Gasteiger partial charge in [0.25, 0.3) is 0 Å². The number of unbranched alkanes of at least 4 members (excludes halogenated alkanes) is 1. The SMILES string of the molecule is CCCCOC(=O)CN1C(=O)CC(C)(C)CC1=O. The van der Waals surface area contributed by atoms with Crippen molar-refractivity contribution in [2.24, 2.45) is 5.41 Å². The summed E-state index contributed by atoms with van der Waals surface area (Å²) in [7, 11) is 0. The van der Waals surface area contributed by atoms with E-state index in [2.05, 4.69) is 0 Å². The van der Waals surface area contributed by atoms with Crippen molar-refractivity contribution in [2.45, 2.75) is 46.5 Å². The number of carbonyl (C=O) groups is 3. The van der Waals surface area contributed by atoms with Gasteiger partial charge >= 0.3 is 5.97 Å². The van der Waals surface area contributed by atoms with Crippen molar-refractivity contribution >= 4 is 17.8 Å². The molecule has 1 rings (SSSR count). The summed E-state index contributed by atoms with van der Waals surface area (Å²) in [6.45, 7) is 5.83. The number of piperidine rings is 1. The zero-order valence-corrected chi connectivity index (χ0v) is 11.3. The highest BCUT2D eigenvalue weighted by molar-refractivity contribution is 6.00. The van der Waals surface area contributed by atoms with Crippen molar-refractivity contribution in [3.8, 4) is 0 Å². The Kier molecular flexibility index (Phi) is 4.87. The summed E-state index contributed by atoms with van der Waals surface area (Å²) in [6.07, 6.45) is 2.31. The molecule has 0 unspecified atom stereocenters. The van der Waals surface area contributed by atoms with Crippen LogP contribution in [0, 0.1) is 5.41 Å². The van der Waals surface area contributed by atoms with E-state index in [4.69, 9.17) is 4.74 Å². The number of hydrogen-bond donors (Lipinski definition) is 0. The van der Waals surface area contributed by atoms with Gasteiger partial charge in [-0.3, -0.25) is 19.3 Å². The first-order chi connectivity index (χ1) is 8.35. The van der Waals surface area contributed by atoms with Gasteiger partial charge in [0.15, 0.2) is 0 Å². The minimum Gasteiger partial charge on any atom is -0.464 e. The van der Waals surface area contributed by atoms with Crippen LogP contribution in [0.2, 0.25) is 0 Å². The Hall–Kier alpha value is -1.39. The number of imide groups is 1. The standard InChI is InChI=1S/C13H21NO4/c1-4-5-6-18-12(17)9-14-10(15)7-13(2,3)8-11(14)16/h4-9H2,1-3H3. The molecule has 0 aliphatic carbocycles. The average molecular weight is 255 g/mol. The summed E-state index contributed by atoms with van der Waals surface area (Å²) in [4.78, 5) is 36.0. The molecule has 1 aliphatic rings. The van der Waals surface area contributed by atoms with Crippen LogP contribution < -0.4 is 0 Å². The zero-order chi connectivity index (χ0) is 13.8. The van der Waals surface area contributed by atoms with Crippen molar-refractivity contribution in [1.82, 2.24) is 4.90 Å².